The smallest absolute Gasteiger partial charge is 0.253 e. The van der Waals surface area contributed by atoms with Gasteiger partial charge in [-0.05, 0) is 38.1 Å². The van der Waals surface area contributed by atoms with Gasteiger partial charge in [0.1, 0.15) is 0 Å². The molecular formula is C15H16N4O. The monoisotopic (exact) mass is 268 g/mol. The van der Waals surface area contributed by atoms with Crippen molar-refractivity contribution in [1.29, 1.82) is 0 Å². The molecule has 1 amide bonds. The Bertz CT molecular complexity index is 740. The van der Waals surface area contributed by atoms with Gasteiger partial charge in [0.2, 0.25) is 0 Å². The molecule has 0 bridgehead atoms. The van der Waals surface area contributed by atoms with E-state index in [1.54, 1.807) is 6.20 Å². The Morgan fingerprint density at radius 3 is 2.90 bits per heavy atom. The van der Waals surface area contributed by atoms with Crippen LogP contribution in [0.15, 0.2) is 42.7 Å². The highest BCUT2D eigenvalue weighted by molar-refractivity contribution is 6.02. The highest BCUT2D eigenvalue weighted by Gasteiger charge is 2.17. The van der Waals surface area contributed by atoms with Gasteiger partial charge in [-0.3, -0.25) is 9.89 Å². The van der Waals surface area contributed by atoms with Crippen molar-refractivity contribution >= 4 is 11.4 Å². The van der Waals surface area contributed by atoms with Crippen LogP contribution in [0.25, 0.3) is 16.9 Å². The van der Waals surface area contributed by atoms with Crippen molar-refractivity contribution in [2.75, 3.05) is 0 Å². The first-order chi connectivity index (χ1) is 9.66. The van der Waals surface area contributed by atoms with Crippen LogP contribution in [-0.4, -0.2) is 26.5 Å². The Hall–Kier alpha value is -2.56. The third-order valence-electron chi connectivity index (χ3n) is 3.12. The molecule has 5 heteroatoms. The van der Waals surface area contributed by atoms with E-state index in [0.29, 0.717) is 5.56 Å². The molecule has 0 radical (unpaired) electrons. The molecule has 20 heavy (non-hydrogen) atoms. The minimum Gasteiger partial charge on any atom is -0.350 e. The Kier molecular flexibility index (Phi) is 3.02. The third-order valence-corrected chi connectivity index (χ3v) is 3.12. The Morgan fingerprint density at radius 2 is 2.20 bits per heavy atom. The number of pyridine rings is 1. The summed E-state index contributed by atoms with van der Waals surface area (Å²) in [5, 5.41) is 9.84. The number of hydrogen-bond acceptors (Lipinski definition) is 2. The fraction of sp³-hybridized carbons (Fsp3) is 0.200. The highest BCUT2D eigenvalue weighted by Crippen LogP contribution is 2.24. The van der Waals surface area contributed by atoms with Crippen molar-refractivity contribution in [1.82, 2.24) is 19.9 Å². The number of H-pyrrole nitrogens is 1. The lowest BCUT2D eigenvalue weighted by molar-refractivity contribution is 0.0945. The number of aromatic amines is 1. The molecule has 2 N–H and O–H groups in total. The van der Waals surface area contributed by atoms with Crippen LogP contribution >= 0.6 is 0 Å². The summed E-state index contributed by atoms with van der Waals surface area (Å²) in [6.07, 6.45) is 3.64. The first-order valence-corrected chi connectivity index (χ1v) is 6.57. The van der Waals surface area contributed by atoms with Crippen LogP contribution in [0.2, 0.25) is 0 Å². The van der Waals surface area contributed by atoms with Crippen molar-refractivity contribution in [3.8, 4) is 11.4 Å². The van der Waals surface area contributed by atoms with E-state index < -0.39 is 0 Å². The van der Waals surface area contributed by atoms with E-state index in [2.05, 4.69) is 15.5 Å². The number of nitrogens with one attached hydrogen (secondary N) is 2. The molecule has 3 aromatic rings. The van der Waals surface area contributed by atoms with E-state index in [1.165, 1.54) is 0 Å². The number of rotatable bonds is 3. The van der Waals surface area contributed by atoms with Crippen LogP contribution in [0.4, 0.5) is 0 Å². The number of carbonyl (C=O) groups excluding carboxylic acids is 1. The molecule has 3 rings (SSSR count). The first-order valence-electron chi connectivity index (χ1n) is 6.57. The van der Waals surface area contributed by atoms with Gasteiger partial charge in [-0.25, -0.2) is 0 Å². The molecule has 3 aromatic heterocycles. The van der Waals surface area contributed by atoms with E-state index in [0.717, 1.165) is 16.9 Å². The minimum atomic E-state index is -0.0607. The summed E-state index contributed by atoms with van der Waals surface area (Å²) in [4.78, 5) is 12.3. The van der Waals surface area contributed by atoms with E-state index >= 15 is 0 Å². The zero-order valence-corrected chi connectivity index (χ0v) is 11.4. The van der Waals surface area contributed by atoms with Gasteiger partial charge >= 0.3 is 0 Å². The fourth-order valence-electron chi connectivity index (χ4n) is 2.28. The van der Waals surface area contributed by atoms with E-state index in [4.69, 9.17) is 0 Å². The Balaban J connectivity index is 2.17. The maximum atomic E-state index is 12.3. The predicted octanol–water partition coefficient (Wildman–Crippen LogP) is 2.47. The molecule has 0 aliphatic rings. The predicted molar refractivity (Wildman–Crippen MR) is 77.6 cm³/mol. The normalized spacial score (nSPS) is 11.2. The lowest BCUT2D eigenvalue weighted by atomic mass is 10.2. The number of fused-ring (bicyclic) bond motifs is 1. The molecule has 102 valence electrons. The number of nitrogens with zero attached hydrogens (tertiary/aromatic N) is 2. The SMILES string of the molecule is CC(C)NC(=O)c1cc(-c2ccn[nH]2)n2ccccc12. The molecule has 3 heterocycles. The largest absolute Gasteiger partial charge is 0.350 e. The number of aromatic nitrogens is 3. The summed E-state index contributed by atoms with van der Waals surface area (Å²) < 4.78 is 1.99. The number of amides is 1. The van der Waals surface area contributed by atoms with Gasteiger partial charge in [0, 0.05) is 18.4 Å². The second kappa shape index (κ2) is 4.85. The lowest BCUT2D eigenvalue weighted by Crippen LogP contribution is -2.29. The summed E-state index contributed by atoms with van der Waals surface area (Å²) in [5.41, 5.74) is 3.36. The topological polar surface area (TPSA) is 62.2 Å². The third kappa shape index (κ3) is 2.07. The van der Waals surface area contributed by atoms with E-state index in [-0.39, 0.29) is 11.9 Å². The van der Waals surface area contributed by atoms with Crippen LogP contribution in [-0.2, 0) is 0 Å². The molecule has 0 saturated carbocycles. The molecule has 0 saturated heterocycles. The quantitative estimate of drug-likeness (QED) is 0.766. The number of carbonyl (C=O) groups is 1. The highest BCUT2D eigenvalue weighted by atomic mass is 16.1. The second-order valence-corrected chi connectivity index (χ2v) is 5.00. The molecule has 0 atom stereocenters. The van der Waals surface area contributed by atoms with Gasteiger partial charge in [0.05, 0.1) is 22.5 Å². The van der Waals surface area contributed by atoms with Gasteiger partial charge in [-0.15, -0.1) is 0 Å². The van der Waals surface area contributed by atoms with Crippen molar-refractivity contribution in [2.45, 2.75) is 19.9 Å². The molecule has 0 unspecified atom stereocenters. The standard InChI is InChI=1S/C15H16N4O/c1-10(2)17-15(20)11-9-14(12-6-7-16-18-12)19-8-4-3-5-13(11)19/h3-10H,1-2H3,(H,16,18)(H,17,20). The van der Waals surface area contributed by atoms with Crippen LogP contribution in [0.3, 0.4) is 0 Å². The minimum absolute atomic E-state index is 0.0607. The van der Waals surface area contributed by atoms with Crippen molar-refractivity contribution in [3.63, 3.8) is 0 Å². The van der Waals surface area contributed by atoms with Crippen LogP contribution in [0.1, 0.15) is 24.2 Å². The summed E-state index contributed by atoms with van der Waals surface area (Å²) in [7, 11) is 0. The second-order valence-electron chi connectivity index (χ2n) is 5.00. The molecule has 0 aliphatic carbocycles. The first kappa shape index (κ1) is 12.5. The van der Waals surface area contributed by atoms with Crippen LogP contribution in [0, 0.1) is 0 Å². The van der Waals surface area contributed by atoms with Gasteiger partial charge in [0.15, 0.2) is 0 Å². The van der Waals surface area contributed by atoms with Gasteiger partial charge in [0.25, 0.3) is 5.91 Å². The van der Waals surface area contributed by atoms with Gasteiger partial charge in [-0.2, -0.15) is 5.10 Å². The van der Waals surface area contributed by atoms with Crippen LogP contribution < -0.4 is 5.32 Å². The van der Waals surface area contributed by atoms with Gasteiger partial charge < -0.3 is 9.72 Å². The molecular weight excluding hydrogens is 252 g/mol. The fourth-order valence-corrected chi connectivity index (χ4v) is 2.28. The molecule has 0 aromatic carbocycles. The number of hydrogen-bond donors (Lipinski definition) is 2. The maximum Gasteiger partial charge on any atom is 0.253 e. The van der Waals surface area contributed by atoms with E-state index in [1.807, 2.05) is 54.8 Å². The lowest BCUT2D eigenvalue weighted by Gasteiger charge is -2.07. The average Bonchev–Trinajstić information content (AvgIpc) is 3.04. The van der Waals surface area contributed by atoms with Crippen molar-refractivity contribution in [2.24, 2.45) is 0 Å². The summed E-state index contributed by atoms with van der Waals surface area (Å²) in [6, 6.07) is 9.70. The molecule has 0 spiro atoms. The Morgan fingerprint density at radius 1 is 1.35 bits per heavy atom. The summed E-state index contributed by atoms with van der Waals surface area (Å²) in [6.45, 7) is 3.90. The van der Waals surface area contributed by atoms with E-state index in [9.17, 15) is 4.79 Å². The average molecular weight is 268 g/mol. The summed E-state index contributed by atoms with van der Waals surface area (Å²) >= 11 is 0. The zero-order valence-electron chi connectivity index (χ0n) is 11.4. The molecule has 0 fully saturated rings. The molecule has 0 aliphatic heterocycles. The Labute approximate surface area is 116 Å². The van der Waals surface area contributed by atoms with Gasteiger partial charge in [-0.1, -0.05) is 6.07 Å². The molecule has 5 nitrogen and oxygen atoms in total. The maximum absolute atomic E-state index is 12.3. The summed E-state index contributed by atoms with van der Waals surface area (Å²) in [5.74, 6) is -0.0607. The zero-order chi connectivity index (χ0) is 14.1. The van der Waals surface area contributed by atoms with Crippen LogP contribution in [0.5, 0.6) is 0 Å². The van der Waals surface area contributed by atoms with Crippen molar-refractivity contribution in [3.05, 3.63) is 48.3 Å². The van der Waals surface area contributed by atoms with Crippen molar-refractivity contribution < 1.29 is 4.79 Å².